The number of H-pyrrole nitrogens is 1. The Labute approximate surface area is 117 Å². The highest BCUT2D eigenvalue weighted by Gasteiger charge is 2.06. The first-order valence-corrected chi connectivity index (χ1v) is 6.41. The molecule has 1 N–H and O–H groups in total. The van der Waals surface area contributed by atoms with Gasteiger partial charge < -0.3 is 9.72 Å². The second kappa shape index (κ2) is 5.17. The molecule has 0 spiro atoms. The van der Waals surface area contributed by atoms with E-state index in [0.717, 1.165) is 28.1 Å². The van der Waals surface area contributed by atoms with Gasteiger partial charge in [-0.2, -0.15) is 0 Å². The van der Waals surface area contributed by atoms with E-state index in [1.807, 2.05) is 55.5 Å². The Bertz CT molecular complexity index is 741. The summed E-state index contributed by atoms with van der Waals surface area (Å²) >= 11 is 0. The van der Waals surface area contributed by atoms with Crippen molar-refractivity contribution in [1.82, 2.24) is 9.97 Å². The Balaban J connectivity index is 2.02. The monoisotopic (exact) mass is 265 g/mol. The maximum atomic E-state index is 5.35. The topological polar surface area (TPSA) is 50.3 Å². The molecule has 0 aliphatic heterocycles. The number of nitrogens with zero attached hydrogens (tertiary/aromatic N) is 2. The van der Waals surface area contributed by atoms with Crippen LogP contribution in [0.2, 0.25) is 0 Å². The quantitative estimate of drug-likeness (QED) is 0.734. The zero-order chi connectivity index (χ0) is 13.9. The summed E-state index contributed by atoms with van der Waals surface area (Å²) in [7, 11) is 1.66. The van der Waals surface area contributed by atoms with Crippen LogP contribution in [0.3, 0.4) is 0 Å². The molecule has 0 fully saturated rings. The third kappa shape index (κ3) is 2.28. The molecule has 0 bridgehead atoms. The van der Waals surface area contributed by atoms with Gasteiger partial charge in [0.2, 0.25) is 5.95 Å². The zero-order valence-corrected chi connectivity index (χ0v) is 11.4. The first-order valence-electron chi connectivity index (χ1n) is 6.41. The standard InChI is InChI=1S/C16H15N3O/c1-11(12-7-3-6-10-15(12)20-2)17-16-18-13-8-4-5-9-14(13)19-16/h3-10H,1-2H3,(H,18,19). The van der Waals surface area contributed by atoms with Crippen LogP contribution in [-0.2, 0) is 0 Å². The fraction of sp³-hybridized carbons (Fsp3) is 0.125. The normalized spacial score (nSPS) is 11.8. The molecule has 0 unspecified atom stereocenters. The number of fused-ring (bicyclic) bond motifs is 1. The summed E-state index contributed by atoms with van der Waals surface area (Å²) in [6.45, 7) is 1.95. The minimum atomic E-state index is 0.606. The second-order valence-electron chi connectivity index (χ2n) is 4.48. The number of aromatic nitrogens is 2. The molecule has 2 aromatic carbocycles. The highest BCUT2D eigenvalue weighted by atomic mass is 16.5. The third-order valence-electron chi connectivity index (χ3n) is 3.15. The van der Waals surface area contributed by atoms with Crippen LogP contribution < -0.4 is 4.74 Å². The average Bonchev–Trinajstić information content (AvgIpc) is 2.89. The maximum absolute atomic E-state index is 5.35. The number of para-hydroxylation sites is 3. The molecule has 0 atom stereocenters. The molecular formula is C16H15N3O. The number of ether oxygens (including phenoxy) is 1. The van der Waals surface area contributed by atoms with Gasteiger partial charge in [-0.15, -0.1) is 0 Å². The number of hydrogen-bond acceptors (Lipinski definition) is 3. The van der Waals surface area contributed by atoms with Crippen LogP contribution in [0.1, 0.15) is 12.5 Å². The van der Waals surface area contributed by atoms with Gasteiger partial charge in [-0.25, -0.2) is 9.98 Å². The van der Waals surface area contributed by atoms with E-state index in [1.165, 1.54) is 0 Å². The van der Waals surface area contributed by atoms with Gasteiger partial charge in [0, 0.05) is 5.56 Å². The molecule has 3 aromatic rings. The van der Waals surface area contributed by atoms with Gasteiger partial charge in [-0.1, -0.05) is 24.3 Å². The molecular weight excluding hydrogens is 250 g/mol. The molecule has 1 heterocycles. The molecule has 0 amide bonds. The van der Waals surface area contributed by atoms with Crippen molar-refractivity contribution in [3.63, 3.8) is 0 Å². The predicted octanol–water partition coefficient (Wildman–Crippen LogP) is 3.71. The Hall–Kier alpha value is -2.62. The maximum Gasteiger partial charge on any atom is 0.228 e. The van der Waals surface area contributed by atoms with E-state index in [-0.39, 0.29) is 0 Å². The van der Waals surface area contributed by atoms with E-state index >= 15 is 0 Å². The Morgan fingerprint density at radius 1 is 1.10 bits per heavy atom. The van der Waals surface area contributed by atoms with Crippen LogP contribution in [0.5, 0.6) is 5.75 Å². The summed E-state index contributed by atoms with van der Waals surface area (Å²) in [5.74, 6) is 1.42. The summed E-state index contributed by atoms with van der Waals surface area (Å²) < 4.78 is 5.35. The van der Waals surface area contributed by atoms with E-state index in [9.17, 15) is 0 Å². The minimum absolute atomic E-state index is 0.606. The SMILES string of the molecule is COc1ccccc1C(C)=Nc1nc2ccccc2[nH]1. The second-order valence-corrected chi connectivity index (χ2v) is 4.48. The van der Waals surface area contributed by atoms with Crippen molar-refractivity contribution in [3.05, 3.63) is 54.1 Å². The van der Waals surface area contributed by atoms with Gasteiger partial charge in [0.25, 0.3) is 0 Å². The molecule has 0 aliphatic carbocycles. The van der Waals surface area contributed by atoms with Crippen molar-refractivity contribution in [2.24, 2.45) is 4.99 Å². The zero-order valence-electron chi connectivity index (χ0n) is 11.4. The molecule has 4 heteroatoms. The summed E-state index contributed by atoms with van der Waals surface area (Å²) in [5.41, 5.74) is 3.73. The Morgan fingerprint density at radius 2 is 1.85 bits per heavy atom. The van der Waals surface area contributed by atoms with Crippen molar-refractivity contribution < 1.29 is 4.74 Å². The number of benzene rings is 2. The number of hydrogen-bond donors (Lipinski definition) is 1. The van der Waals surface area contributed by atoms with Gasteiger partial charge in [-0.3, -0.25) is 0 Å². The molecule has 0 saturated heterocycles. The van der Waals surface area contributed by atoms with Crippen LogP contribution in [-0.4, -0.2) is 22.8 Å². The Morgan fingerprint density at radius 3 is 2.65 bits per heavy atom. The van der Waals surface area contributed by atoms with Gasteiger partial charge in [-0.05, 0) is 31.2 Å². The van der Waals surface area contributed by atoms with E-state index in [2.05, 4.69) is 15.0 Å². The smallest absolute Gasteiger partial charge is 0.228 e. The van der Waals surface area contributed by atoms with Gasteiger partial charge in [0.05, 0.1) is 23.9 Å². The lowest BCUT2D eigenvalue weighted by Crippen LogP contribution is -1.98. The molecule has 1 aromatic heterocycles. The lowest BCUT2D eigenvalue weighted by molar-refractivity contribution is 0.414. The molecule has 20 heavy (non-hydrogen) atoms. The molecule has 0 saturated carbocycles. The molecule has 4 nitrogen and oxygen atoms in total. The number of methoxy groups -OCH3 is 1. The predicted molar refractivity (Wildman–Crippen MR) is 81.0 cm³/mol. The molecule has 0 radical (unpaired) electrons. The number of aromatic amines is 1. The van der Waals surface area contributed by atoms with Crippen molar-refractivity contribution in [3.8, 4) is 5.75 Å². The lowest BCUT2D eigenvalue weighted by atomic mass is 10.1. The first-order chi connectivity index (χ1) is 9.78. The third-order valence-corrected chi connectivity index (χ3v) is 3.15. The van der Waals surface area contributed by atoms with Crippen LogP contribution in [0, 0.1) is 0 Å². The van der Waals surface area contributed by atoms with Gasteiger partial charge in [0.1, 0.15) is 5.75 Å². The van der Waals surface area contributed by atoms with Crippen molar-refractivity contribution >= 4 is 22.7 Å². The Kier molecular flexibility index (Phi) is 3.21. The van der Waals surface area contributed by atoms with E-state index < -0.39 is 0 Å². The molecule has 100 valence electrons. The van der Waals surface area contributed by atoms with E-state index in [4.69, 9.17) is 4.74 Å². The fourth-order valence-corrected chi connectivity index (χ4v) is 2.15. The van der Waals surface area contributed by atoms with Crippen LogP contribution in [0.15, 0.2) is 53.5 Å². The van der Waals surface area contributed by atoms with Crippen LogP contribution in [0.4, 0.5) is 5.95 Å². The highest BCUT2D eigenvalue weighted by Crippen LogP contribution is 2.21. The van der Waals surface area contributed by atoms with Crippen molar-refractivity contribution in [1.29, 1.82) is 0 Å². The van der Waals surface area contributed by atoms with Crippen molar-refractivity contribution in [2.75, 3.05) is 7.11 Å². The molecule has 3 rings (SSSR count). The molecule has 0 aliphatic rings. The highest BCUT2D eigenvalue weighted by molar-refractivity contribution is 6.02. The van der Waals surface area contributed by atoms with Gasteiger partial charge in [0.15, 0.2) is 0 Å². The largest absolute Gasteiger partial charge is 0.496 e. The van der Waals surface area contributed by atoms with Gasteiger partial charge >= 0.3 is 0 Å². The number of nitrogens with one attached hydrogen (secondary N) is 1. The minimum Gasteiger partial charge on any atom is -0.496 e. The van der Waals surface area contributed by atoms with Crippen LogP contribution in [0.25, 0.3) is 11.0 Å². The van der Waals surface area contributed by atoms with E-state index in [1.54, 1.807) is 7.11 Å². The number of rotatable bonds is 3. The fourth-order valence-electron chi connectivity index (χ4n) is 2.15. The summed E-state index contributed by atoms with van der Waals surface area (Å²) in [6.07, 6.45) is 0. The van der Waals surface area contributed by atoms with E-state index in [0.29, 0.717) is 5.95 Å². The lowest BCUT2D eigenvalue weighted by Gasteiger charge is -2.06. The summed E-state index contributed by atoms with van der Waals surface area (Å²) in [6, 6.07) is 15.7. The first kappa shape index (κ1) is 12.4. The van der Waals surface area contributed by atoms with Crippen LogP contribution >= 0.6 is 0 Å². The summed E-state index contributed by atoms with van der Waals surface area (Å²) in [5, 5.41) is 0. The number of aliphatic imine (C=N–C) groups is 1. The van der Waals surface area contributed by atoms with Crippen molar-refractivity contribution in [2.45, 2.75) is 6.92 Å². The number of imidazole rings is 1. The average molecular weight is 265 g/mol. The summed E-state index contributed by atoms with van der Waals surface area (Å²) in [4.78, 5) is 12.2.